The molecule has 4 nitrogen and oxygen atoms in total. The molecule has 1 aliphatic rings. The van der Waals surface area contributed by atoms with E-state index in [0.717, 1.165) is 9.35 Å². The molecule has 1 aromatic carbocycles. The van der Waals surface area contributed by atoms with Gasteiger partial charge in [-0.3, -0.25) is 0 Å². The van der Waals surface area contributed by atoms with E-state index in [9.17, 15) is 4.79 Å². The quantitative estimate of drug-likeness (QED) is 0.614. The van der Waals surface area contributed by atoms with Crippen LogP contribution in [0.1, 0.15) is 10.4 Å². The minimum Gasteiger partial charge on any atom is -0.497 e. The largest absolute Gasteiger partial charge is 0.497 e. The van der Waals surface area contributed by atoms with Crippen LogP contribution in [0.3, 0.4) is 0 Å². The average molecular weight is 364 g/mol. The predicted molar refractivity (Wildman–Crippen MR) is 85.6 cm³/mol. The van der Waals surface area contributed by atoms with Crippen molar-refractivity contribution in [2.24, 2.45) is 4.99 Å². The summed E-state index contributed by atoms with van der Waals surface area (Å²) in [6.07, 6.45) is 1.72. The number of benzene rings is 1. The van der Waals surface area contributed by atoms with Gasteiger partial charge in [-0.15, -0.1) is 11.3 Å². The molecule has 0 N–H and O–H groups in total. The SMILES string of the molecule is COc1ccc(C2=N/C(=C\c3cccs3)C(=O)O2)c(Br)c1. The van der Waals surface area contributed by atoms with Crippen LogP contribution in [-0.2, 0) is 9.53 Å². The van der Waals surface area contributed by atoms with Crippen molar-refractivity contribution in [2.75, 3.05) is 7.11 Å². The predicted octanol–water partition coefficient (Wildman–Crippen LogP) is 3.86. The number of methoxy groups -OCH3 is 1. The number of ether oxygens (including phenoxy) is 2. The Labute approximate surface area is 133 Å². The van der Waals surface area contributed by atoms with Crippen molar-refractivity contribution in [3.8, 4) is 5.75 Å². The molecule has 6 heteroatoms. The van der Waals surface area contributed by atoms with Crippen molar-refractivity contribution in [1.29, 1.82) is 0 Å². The number of carbonyl (C=O) groups is 1. The third-order valence-electron chi connectivity index (χ3n) is 2.85. The molecule has 0 saturated carbocycles. The zero-order valence-electron chi connectivity index (χ0n) is 11.0. The molecule has 0 spiro atoms. The summed E-state index contributed by atoms with van der Waals surface area (Å²) in [5.41, 5.74) is 1.01. The fourth-order valence-corrected chi connectivity index (χ4v) is 3.01. The summed E-state index contributed by atoms with van der Waals surface area (Å²) >= 11 is 4.97. The Hall–Kier alpha value is -1.92. The van der Waals surface area contributed by atoms with Crippen molar-refractivity contribution < 1.29 is 14.3 Å². The van der Waals surface area contributed by atoms with Crippen LogP contribution in [0.15, 0.2) is 50.9 Å². The monoisotopic (exact) mass is 363 g/mol. The first-order chi connectivity index (χ1) is 10.2. The second-order valence-electron chi connectivity index (χ2n) is 4.20. The van der Waals surface area contributed by atoms with E-state index in [1.807, 2.05) is 17.5 Å². The highest BCUT2D eigenvalue weighted by atomic mass is 79.9. The Bertz CT molecular complexity index is 750. The van der Waals surface area contributed by atoms with E-state index in [4.69, 9.17) is 9.47 Å². The van der Waals surface area contributed by atoms with Gasteiger partial charge in [-0.05, 0) is 51.7 Å². The lowest BCUT2D eigenvalue weighted by molar-refractivity contribution is -0.129. The van der Waals surface area contributed by atoms with E-state index in [0.29, 0.717) is 17.0 Å². The van der Waals surface area contributed by atoms with Gasteiger partial charge >= 0.3 is 5.97 Å². The van der Waals surface area contributed by atoms with Crippen molar-refractivity contribution in [3.05, 3.63) is 56.3 Å². The Morgan fingerprint density at radius 1 is 1.38 bits per heavy atom. The van der Waals surface area contributed by atoms with Gasteiger partial charge in [0, 0.05) is 9.35 Å². The van der Waals surface area contributed by atoms with E-state index in [1.165, 1.54) is 11.3 Å². The van der Waals surface area contributed by atoms with Crippen molar-refractivity contribution in [2.45, 2.75) is 0 Å². The molecule has 0 amide bonds. The highest BCUT2D eigenvalue weighted by molar-refractivity contribution is 9.10. The van der Waals surface area contributed by atoms with Crippen LogP contribution in [0.2, 0.25) is 0 Å². The maximum absolute atomic E-state index is 11.9. The first-order valence-electron chi connectivity index (χ1n) is 6.07. The minimum absolute atomic E-state index is 0.289. The molecule has 1 aliphatic heterocycles. The molecule has 0 unspecified atom stereocenters. The Kier molecular flexibility index (Phi) is 3.90. The molecule has 21 heavy (non-hydrogen) atoms. The number of aliphatic imine (C=N–C) groups is 1. The normalized spacial score (nSPS) is 16.0. The number of hydrogen-bond donors (Lipinski definition) is 0. The summed E-state index contributed by atoms with van der Waals surface area (Å²) in [7, 11) is 1.59. The van der Waals surface area contributed by atoms with E-state index in [2.05, 4.69) is 20.9 Å². The van der Waals surface area contributed by atoms with Gasteiger partial charge in [0.15, 0.2) is 5.70 Å². The van der Waals surface area contributed by atoms with Crippen LogP contribution in [0.4, 0.5) is 0 Å². The maximum atomic E-state index is 11.9. The number of rotatable bonds is 3. The molecule has 0 bridgehead atoms. The van der Waals surface area contributed by atoms with Crippen LogP contribution < -0.4 is 4.74 Å². The molecule has 0 fully saturated rings. The van der Waals surface area contributed by atoms with Gasteiger partial charge in [-0.25, -0.2) is 9.79 Å². The van der Waals surface area contributed by atoms with E-state index >= 15 is 0 Å². The lowest BCUT2D eigenvalue weighted by Gasteiger charge is -2.05. The summed E-state index contributed by atoms with van der Waals surface area (Å²) in [4.78, 5) is 17.1. The van der Waals surface area contributed by atoms with Crippen molar-refractivity contribution in [1.82, 2.24) is 0 Å². The summed E-state index contributed by atoms with van der Waals surface area (Å²) in [5, 5.41) is 1.94. The number of nitrogens with zero attached hydrogens (tertiary/aromatic N) is 1. The van der Waals surface area contributed by atoms with Gasteiger partial charge < -0.3 is 9.47 Å². The van der Waals surface area contributed by atoms with Gasteiger partial charge in [-0.1, -0.05) is 6.07 Å². The zero-order chi connectivity index (χ0) is 14.8. The highest BCUT2D eigenvalue weighted by Crippen LogP contribution is 2.27. The Morgan fingerprint density at radius 2 is 2.24 bits per heavy atom. The van der Waals surface area contributed by atoms with E-state index in [-0.39, 0.29) is 5.90 Å². The number of esters is 1. The fourth-order valence-electron chi connectivity index (χ4n) is 1.83. The number of cyclic esters (lactones) is 1. The minimum atomic E-state index is -0.443. The lowest BCUT2D eigenvalue weighted by Crippen LogP contribution is -2.06. The van der Waals surface area contributed by atoms with Crippen LogP contribution in [0.25, 0.3) is 6.08 Å². The molecular formula is C15H10BrNO3S. The topological polar surface area (TPSA) is 47.9 Å². The standard InChI is InChI=1S/C15H10BrNO3S/c1-19-9-4-5-11(12(16)7-9)14-17-13(15(18)20-14)8-10-3-2-6-21-10/h2-8H,1H3/b13-8-. The second-order valence-corrected chi connectivity index (χ2v) is 6.03. The zero-order valence-corrected chi connectivity index (χ0v) is 13.4. The molecule has 2 aromatic rings. The molecule has 0 saturated heterocycles. The van der Waals surface area contributed by atoms with Gasteiger partial charge in [0.2, 0.25) is 5.90 Å². The van der Waals surface area contributed by atoms with Crippen molar-refractivity contribution >= 4 is 45.2 Å². The van der Waals surface area contributed by atoms with Crippen LogP contribution in [-0.4, -0.2) is 19.0 Å². The molecule has 0 aliphatic carbocycles. The third-order valence-corrected chi connectivity index (χ3v) is 4.32. The maximum Gasteiger partial charge on any atom is 0.363 e. The Balaban J connectivity index is 1.95. The smallest absolute Gasteiger partial charge is 0.363 e. The van der Waals surface area contributed by atoms with Crippen molar-refractivity contribution in [3.63, 3.8) is 0 Å². The van der Waals surface area contributed by atoms with Gasteiger partial charge in [-0.2, -0.15) is 0 Å². The molecule has 0 radical (unpaired) electrons. The number of hydrogen-bond acceptors (Lipinski definition) is 5. The van der Waals surface area contributed by atoms with Crippen LogP contribution in [0, 0.1) is 0 Å². The first kappa shape index (κ1) is 14.0. The molecule has 106 valence electrons. The molecule has 0 atom stereocenters. The van der Waals surface area contributed by atoms with Gasteiger partial charge in [0.05, 0.1) is 12.7 Å². The molecular weight excluding hydrogens is 354 g/mol. The summed E-state index contributed by atoms with van der Waals surface area (Å²) < 4.78 is 11.1. The number of thiophene rings is 1. The second kappa shape index (κ2) is 5.83. The third kappa shape index (κ3) is 2.91. The molecule has 2 heterocycles. The van der Waals surface area contributed by atoms with Crippen LogP contribution in [0.5, 0.6) is 5.75 Å². The van der Waals surface area contributed by atoms with E-state index < -0.39 is 5.97 Å². The Morgan fingerprint density at radius 3 is 2.90 bits per heavy atom. The van der Waals surface area contributed by atoms with Gasteiger partial charge in [0.1, 0.15) is 5.75 Å². The molecule has 3 rings (SSSR count). The van der Waals surface area contributed by atoms with Gasteiger partial charge in [0.25, 0.3) is 0 Å². The van der Waals surface area contributed by atoms with E-state index in [1.54, 1.807) is 31.4 Å². The highest BCUT2D eigenvalue weighted by Gasteiger charge is 2.25. The summed E-state index contributed by atoms with van der Waals surface area (Å²) in [6.45, 7) is 0. The lowest BCUT2D eigenvalue weighted by atomic mass is 10.2. The van der Waals surface area contributed by atoms with Crippen LogP contribution >= 0.6 is 27.3 Å². The summed E-state index contributed by atoms with van der Waals surface area (Å²) in [6, 6.07) is 9.22. The molecule has 1 aromatic heterocycles. The number of halogens is 1. The first-order valence-corrected chi connectivity index (χ1v) is 7.74. The summed E-state index contributed by atoms with van der Waals surface area (Å²) in [5.74, 6) is 0.559. The fraction of sp³-hybridized carbons (Fsp3) is 0.0667. The number of carbonyl (C=O) groups excluding carboxylic acids is 1. The average Bonchev–Trinajstić information content (AvgIpc) is 3.10.